The zero-order valence-corrected chi connectivity index (χ0v) is 14.3. The van der Waals surface area contributed by atoms with Crippen LogP contribution < -0.4 is 10.6 Å². The molecule has 1 heterocycles. The second-order valence-corrected chi connectivity index (χ2v) is 6.38. The highest BCUT2D eigenvalue weighted by molar-refractivity contribution is 14.1. The number of amides is 1. The molecule has 2 aromatic rings. The van der Waals surface area contributed by atoms with Crippen molar-refractivity contribution in [3.8, 4) is 0 Å². The second kappa shape index (κ2) is 7.04. The number of nitrogens with one attached hydrogen (secondary N) is 2. The molecule has 0 spiro atoms. The van der Waals surface area contributed by atoms with Gasteiger partial charge in [-0.25, -0.2) is 0 Å². The Morgan fingerprint density at radius 1 is 1.40 bits per heavy atom. The maximum Gasteiger partial charge on any atom is 0.258 e. The lowest BCUT2D eigenvalue weighted by Crippen LogP contribution is -2.34. The average Bonchev–Trinajstić information content (AvgIpc) is 2.86. The number of carbonyl (C=O) groups excluding carboxylic acids is 1. The van der Waals surface area contributed by atoms with Gasteiger partial charge >= 0.3 is 0 Å². The van der Waals surface area contributed by atoms with E-state index in [2.05, 4.69) is 43.4 Å². The Hall–Kier alpha value is -1.13. The predicted molar refractivity (Wildman–Crippen MR) is 92.1 cm³/mol. The van der Waals surface area contributed by atoms with Crippen LogP contribution in [0.2, 0.25) is 0 Å². The Kier molecular flexibility index (Phi) is 5.38. The van der Waals surface area contributed by atoms with Crippen LogP contribution in [0.3, 0.4) is 0 Å². The van der Waals surface area contributed by atoms with E-state index in [1.165, 1.54) is 11.3 Å². The van der Waals surface area contributed by atoms with Crippen molar-refractivity contribution >= 4 is 62.3 Å². The molecule has 104 valence electrons. The molecule has 0 bridgehead atoms. The first kappa shape index (κ1) is 15.3. The Morgan fingerprint density at radius 2 is 2.15 bits per heavy atom. The summed E-state index contributed by atoms with van der Waals surface area (Å²) in [6.07, 6.45) is 0.820. The molecule has 0 saturated carbocycles. The Bertz CT molecular complexity index is 644. The number of nitrogens with zero attached hydrogens (tertiary/aromatic N) is 2. The zero-order valence-electron chi connectivity index (χ0n) is 10.5. The summed E-state index contributed by atoms with van der Waals surface area (Å²) in [5.41, 5.74) is 0.587. The van der Waals surface area contributed by atoms with E-state index in [-0.39, 0.29) is 11.0 Å². The van der Waals surface area contributed by atoms with Crippen molar-refractivity contribution in [3.05, 3.63) is 38.4 Å². The highest BCUT2D eigenvalue weighted by atomic mass is 127. The quantitative estimate of drug-likeness (QED) is 0.593. The first-order valence-electron chi connectivity index (χ1n) is 5.79. The Balaban J connectivity index is 1.98. The molecule has 0 atom stereocenters. The van der Waals surface area contributed by atoms with E-state index in [4.69, 9.17) is 12.2 Å². The molecule has 0 saturated heterocycles. The van der Waals surface area contributed by atoms with Gasteiger partial charge in [-0.05, 0) is 53.4 Å². The minimum atomic E-state index is -0.243. The molecule has 0 aliphatic carbocycles. The minimum Gasteiger partial charge on any atom is -0.307 e. The van der Waals surface area contributed by atoms with Crippen molar-refractivity contribution in [2.45, 2.75) is 13.3 Å². The number of thiocarbonyl (C=S) groups is 1. The van der Waals surface area contributed by atoms with Crippen molar-refractivity contribution in [1.82, 2.24) is 15.5 Å². The number of hydrogen-bond acceptors (Lipinski definition) is 5. The van der Waals surface area contributed by atoms with Gasteiger partial charge in [0.25, 0.3) is 5.91 Å². The van der Waals surface area contributed by atoms with E-state index < -0.39 is 0 Å². The monoisotopic (exact) mass is 418 g/mol. The van der Waals surface area contributed by atoms with Crippen LogP contribution in [0.15, 0.2) is 24.3 Å². The van der Waals surface area contributed by atoms with Crippen molar-refractivity contribution in [1.29, 1.82) is 0 Å². The third kappa shape index (κ3) is 3.93. The molecule has 0 aliphatic heterocycles. The number of anilines is 1. The fourth-order valence-electron chi connectivity index (χ4n) is 1.39. The van der Waals surface area contributed by atoms with Crippen LogP contribution in [-0.2, 0) is 6.42 Å². The van der Waals surface area contributed by atoms with Gasteiger partial charge in [-0.1, -0.05) is 30.4 Å². The van der Waals surface area contributed by atoms with Gasteiger partial charge in [-0.3, -0.25) is 10.1 Å². The molecule has 1 aromatic heterocycles. The van der Waals surface area contributed by atoms with E-state index in [1.54, 1.807) is 6.07 Å². The molecule has 5 nitrogen and oxygen atoms in total. The van der Waals surface area contributed by atoms with Crippen LogP contribution in [0.4, 0.5) is 5.13 Å². The van der Waals surface area contributed by atoms with Crippen LogP contribution in [0.25, 0.3) is 0 Å². The van der Waals surface area contributed by atoms with E-state index >= 15 is 0 Å². The summed E-state index contributed by atoms with van der Waals surface area (Å²) >= 11 is 8.62. The highest BCUT2D eigenvalue weighted by Gasteiger charge is 2.12. The van der Waals surface area contributed by atoms with E-state index in [9.17, 15) is 4.79 Å². The number of aromatic nitrogens is 2. The molecule has 1 aromatic carbocycles. The lowest BCUT2D eigenvalue weighted by atomic mass is 10.2. The van der Waals surface area contributed by atoms with Gasteiger partial charge in [0, 0.05) is 3.57 Å². The SMILES string of the molecule is CCc1nnc(NC(=S)NC(=O)c2ccccc2I)s1. The largest absolute Gasteiger partial charge is 0.307 e. The highest BCUT2D eigenvalue weighted by Crippen LogP contribution is 2.15. The predicted octanol–water partition coefficient (Wildman–Crippen LogP) is 2.83. The smallest absolute Gasteiger partial charge is 0.258 e. The molecule has 20 heavy (non-hydrogen) atoms. The number of hydrogen-bond donors (Lipinski definition) is 2. The molecular formula is C12H11IN4OS2. The van der Waals surface area contributed by atoms with Crippen molar-refractivity contribution < 1.29 is 4.79 Å². The van der Waals surface area contributed by atoms with Crippen LogP contribution in [0, 0.1) is 3.57 Å². The Labute approximate surface area is 139 Å². The fraction of sp³-hybridized carbons (Fsp3) is 0.167. The molecule has 0 unspecified atom stereocenters. The summed E-state index contributed by atoms with van der Waals surface area (Å²) < 4.78 is 0.870. The van der Waals surface area contributed by atoms with E-state index in [0.29, 0.717) is 10.7 Å². The second-order valence-electron chi connectivity index (χ2n) is 3.74. The van der Waals surface area contributed by atoms with Crippen LogP contribution in [-0.4, -0.2) is 21.2 Å². The van der Waals surface area contributed by atoms with Gasteiger partial charge in [0.2, 0.25) is 5.13 Å². The normalized spacial score (nSPS) is 10.1. The van der Waals surface area contributed by atoms with Gasteiger partial charge < -0.3 is 5.32 Å². The summed E-state index contributed by atoms with van der Waals surface area (Å²) in [4.78, 5) is 12.1. The van der Waals surface area contributed by atoms with Gasteiger partial charge in [-0.2, -0.15) is 0 Å². The number of halogens is 1. The first-order chi connectivity index (χ1) is 9.60. The molecule has 0 aliphatic rings. The van der Waals surface area contributed by atoms with E-state index in [0.717, 1.165) is 15.0 Å². The molecule has 0 fully saturated rings. The van der Waals surface area contributed by atoms with Gasteiger partial charge in [-0.15, -0.1) is 10.2 Å². The summed E-state index contributed by atoms with van der Waals surface area (Å²) in [5, 5.41) is 15.1. The molecule has 2 N–H and O–H groups in total. The van der Waals surface area contributed by atoms with Crippen LogP contribution in [0.1, 0.15) is 22.3 Å². The maximum absolute atomic E-state index is 12.1. The number of carbonyl (C=O) groups is 1. The summed E-state index contributed by atoms with van der Waals surface area (Å²) in [5.74, 6) is -0.243. The topological polar surface area (TPSA) is 66.9 Å². The molecule has 1 amide bonds. The van der Waals surface area contributed by atoms with Crippen molar-refractivity contribution in [2.75, 3.05) is 5.32 Å². The lowest BCUT2D eigenvalue weighted by molar-refractivity contribution is 0.0977. The Morgan fingerprint density at radius 3 is 2.80 bits per heavy atom. The standard InChI is InChI=1S/C12H11IN4OS2/c1-2-9-16-17-12(20-9)15-11(19)14-10(18)7-5-3-4-6-8(7)13/h3-6H,2H2,1H3,(H2,14,15,17,18,19). The lowest BCUT2D eigenvalue weighted by Gasteiger charge is -2.07. The van der Waals surface area contributed by atoms with Crippen LogP contribution in [0.5, 0.6) is 0 Å². The number of rotatable bonds is 3. The molecule has 2 rings (SSSR count). The van der Waals surface area contributed by atoms with Crippen molar-refractivity contribution in [3.63, 3.8) is 0 Å². The minimum absolute atomic E-state index is 0.216. The number of aryl methyl sites for hydroxylation is 1. The summed E-state index contributed by atoms with van der Waals surface area (Å²) in [7, 11) is 0. The van der Waals surface area contributed by atoms with Crippen molar-refractivity contribution in [2.24, 2.45) is 0 Å². The zero-order chi connectivity index (χ0) is 14.5. The molecular weight excluding hydrogens is 407 g/mol. The third-order valence-corrected chi connectivity index (χ3v) is 4.46. The van der Waals surface area contributed by atoms with E-state index in [1.807, 2.05) is 25.1 Å². The molecule has 8 heteroatoms. The maximum atomic E-state index is 12.1. The van der Waals surface area contributed by atoms with Gasteiger partial charge in [0.1, 0.15) is 5.01 Å². The fourth-order valence-corrected chi connectivity index (χ4v) is 2.96. The first-order valence-corrected chi connectivity index (χ1v) is 8.09. The average molecular weight is 418 g/mol. The van der Waals surface area contributed by atoms with Crippen LogP contribution >= 0.6 is 46.1 Å². The molecule has 0 radical (unpaired) electrons. The summed E-state index contributed by atoms with van der Waals surface area (Å²) in [6.45, 7) is 2.00. The summed E-state index contributed by atoms with van der Waals surface area (Å²) in [6, 6.07) is 7.30. The third-order valence-electron chi connectivity index (χ3n) is 2.34. The van der Waals surface area contributed by atoms with Gasteiger partial charge in [0.15, 0.2) is 5.11 Å². The number of benzene rings is 1. The van der Waals surface area contributed by atoms with Gasteiger partial charge in [0.05, 0.1) is 5.56 Å².